The molecule has 1 aromatic carbocycles. The van der Waals surface area contributed by atoms with Gasteiger partial charge in [0.05, 0.1) is 37.8 Å². The summed E-state index contributed by atoms with van der Waals surface area (Å²) in [6, 6.07) is 8.18. The van der Waals surface area contributed by atoms with Crippen molar-refractivity contribution in [3.05, 3.63) is 24.3 Å². The Morgan fingerprint density at radius 3 is 2.79 bits per heavy atom. The van der Waals surface area contributed by atoms with Crippen molar-refractivity contribution in [2.24, 2.45) is 0 Å². The average Bonchev–Trinajstić information content (AvgIpc) is 2.84. The molecule has 0 spiro atoms. The summed E-state index contributed by atoms with van der Waals surface area (Å²) in [4.78, 5) is 2.41. The summed E-state index contributed by atoms with van der Waals surface area (Å²) in [7, 11) is 1.67. The lowest BCUT2D eigenvalue weighted by molar-refractivity contribution is 0.0361. The van der Waals surface area contributed by atoms with Gasteiger partial charge < -0.3 is 9.47 Å². The minimum absolute atomic E-state index is 0.706. The second-order valence-electron chi connectivity index (χ2n) is 4.70. The SMILES string of the molecule is COc1nn(CCN2CCOCC2)c2ccccc12. The van der Waals surface area contributed by atoms with Crippen molar-refractivity contribution >= 4 is 10.9 Å². The first kappa shape index (κ1) is 12.4. The van der Waals surface area contributed by atoms with Crippen molar-refractivity contribution in [2.45, 2.75) is 6.54 Å². The number of hydrogen-bond acceptors (Lipinski definition) is 4. The van der Waals surface area contributed by atoms with Gasteiger partial charge >= 0.3 is 0 Å². The first-order valence-electron chi connectivity index (χ1n) is 6.68. The smallest absolute Gasteiger partial charge is 0.240 e. The number of aromatic nitrogens is 2. The van der Waals surface area contributed by atoms with E-state index in [1.807, 2.05) is 22.9 Å². The topological polar surface area (TPSA) is 39.5 Å². The quantitative estimate of drug-likeness (QED) is 0.833. The molecule has 0 amide bonds. The largest absolute Gasteiger partial charge is 0.479 e. The molecule has 19 heavy (non-hydrogen) atoms. The molecular weight excluding hydrogens is 242 g/mol. The number of rotatable bonds is 4. The van der Waals surface area contributed by atoms with E-state index in [9.17, 15) is 0 Å². The average molecular weight is 261 g/mol. The van der Waals surface area contributed by atoms with Crippen molar-refractivity contribution < 1.29 is 9.47 Å². The van der Waals surface area contributed by atoms with Gasteiger partial charge in [0, 0.05) is 19.6 Å². The van der Waals surface area contributed by atoms with Crippen LogP contribution in [-0.4, -0.2) is 54.6 Å². The van der Waals surface area contributed by atoms with Gasteiger partial charge in [0.15, 0.2) is 0 Å². The molecule has 0 atom stereocenters. The van der Waals surface area contributed by atoms with Gasteiger partial charge in [0.1, 0.15) is 0 Å². The van der Waals surface area contributed by atoms with Gasteiger partial charge in [-0.05, 0) is 12.1 Å². The predicted octanol–water partition coefficient (Wildman–Crippen LogP) is 1.38. The molecule has 1 aliphatic heterocycles. The van der Waals surface area contributed by atoms with Gasteiger partial charge in [-0.2, -0.15) is 0 Å². The van der Waals surface area contributed by atoms with Crippen LogP contribution in [0.5, 0.6) is 5.88 Å². The molecule has 1 aromatic heterocycles. The summed E-state index contributed by atoms with van der Waals surface area (Å²) in [6.07, 6.45) is 0. The van der Waals surface area contributed by atoms with Crippen molar-refractivity contribution in [3.63, 3.8) is 0 Å². The van der Waals surface area contributed by atoms with Crippen LogP contribution in [0.15, 0.2) is 24.3 Å². The summed E-state index contributed by atoms with van der Waals surface area (Å²) in [6.45, 7) is 5.57. The minimum Gasteiger partial charge on any atom is -0.479 e. The summed E-state index contributed by atoms with van der Waals surface area (Å²) in [5.74, 6) is 0.706. The number of methoxy groups -OCH3 is 1. The number of benzene rings is 1. The van der Waals surface area contributed by atoms with E-state index in [0.717, 1.165) is 50.3 Å². The van der Waals surface area contributed by atoms with Gasteiger partial charge in [-0.15, -0.1) is 5.10 Å². The Kier molecular flexibility index (Phi) is 3.66. The molecule has 5 heteroatoms. The van der Waals surface area contributed by atoms with Crippen molar-refractivity contribution in [3.8, 4) is 5.88 Å². The molecule has 0 radical (unpaired) electrons. The van der Waals surface area contributed by atoms with Crippen LogP contribution >= 0.6 is 0 Å². The lowest BCUT2D eigenvalue weighted by Crippen LogP contribution is -2.38. The molecule has 2 heterocycles. The Balaban J connectivity index is 1.76. The maximum atomic E-state index is 5.36. The molecule has 0 aliphatic carbocycles. The van der Waals surface area contributed by atoms with Crippen molar-refractivity contribution in [2.75, 3.05) is 40.0 Å². The van der Waals surface area contributed by atoms with E-state index in [1.165, 1.54) is 0 Å². The van der Waals surface area contributed by atoms with Crippen molar-refractivity contribution in [1.29, 1.82) is 0 Å². The van der Waals surface area contributed by atoms with Gasteiger partial charge in [-0.25, -0.2) is 0 Å². The molecule has 3 rings (SSSR count). The number of fused-ring (bicyclic) bond motifs is 1. The van der Waals surface area contributed by atoms with Gasteiger partial charge in [-0.3, -0.25) is 9.58 Å². The van der Waals surface area contributed by atoms with E-state index < -0.39 is 0 Å². The fraction of sp³-hybridized carbons (Fsp3) is 0.500. The van der Waals surface area contributed by atoms with Crippen LogP contribution in [0.4, 0.5) is 0 Å². The van der Waals surface area contributed by atoms with Crippen LogP contribution in [0.2, 0.25) is 0 Å². The number of morpholine rings is 1. The zero-order valence-corrected chi connectivity index (χ0v) is 11.2. The maximum Gasteiger partial charge on any atom is 0.240 e. The summed E-state index contributed by atoms with van der Waals surface area (Å²) >= 11 is 0. The summed E-state index contributed by atoms with van der Waals surface area (Å²) in [5, 5.41) is 5.60. The van der Waals surface area contributed by atoms with Crippen LogP contribution < -0.4 is 4.74 Å². The third-order valence-electron chi connectivity index (χ3n) is 3.55. The lowest BCUT2D eigenvalue weighted by atomic mass is 10.2. The van der Waals surface area contributed by atoms with Gasteiger partial charge in [-0.1, -0.05) is 12.1 Å². The fourth-order valence-electron chi connectivity index (χ4n) is 2.48. The molecule has 5 nitrogen and oxygen atoms in total. The molecular formula is C14H19N3O2. The third kappa shape index (κ3) is 2.57. The Morgan fingerprint density at radius 2 is 2.00 bits per heavy atom. The van der Waals surface area contributed by atoms with E-state index in [0.29, 0.717) is 5.88 Å². The normalized spacial score (nSPS) is 16.9. The van der Waals surface area contributed by atoms with E-state index >= 15 is 0 Å². The first-order valence-corrected chi connectivity index (χ1v) is 6.68. The molecule has 102 valence electrons. The third-order valence-corrected chi connectivity index (χ3v) is 3.55. The second-order valence-corrected chi connectivity index (χ2v) is 4.70. The summed E-state index contributed by atoms with van der Waals surface area (Å²) in [5.41, 5.74) is 1.13. The van der Waals surface area contributed by atoms with E-state index in [-0.39, 0.29) is 0 Å². The second kappa shape index (κ2) is 5.59. The monoisotopic (exact) mass is 261 g/mol. The molecule has 0 saturated carbocycles. The lowest BCUT2D eigenvalue weighted by Gasteiger charge is -2.26. The number of para-hydroxylation sites is 1. The molecule has 1 aliphatic rings. The molecule has 0 unspecified atom stereocenters. The highest BCUT2D eigenvalue weighted by atomic mass is 16.5. The molecule has 0 N–H and O–H groups in total. The highest BCUT2D eigenvalue weighted by Crippen LogP contribution is 2.24. The number of ether oxygens (including phenoxy) is 2. The number of nitrogens with zero attached hydrogens (tertiary/aromatic N) is 3. The Labute approximate surface area is 112 Å². The molecule has 1 fully saturated rings. The molecule has 2 aromatic rings. The Morgan fingerprint density at radius 1 is 1.21 bits per heavy atom. The zero-order valence-electron chi connectivity index (χ0n) is 11.2. The fourth-order valence-corrected chi connectivity index (χ4v) is 2.48. The van der Waals surface area contributed by atoms with Crippen molar-refractivity contribution in [1.82, 2.24) is 14.7 Å². The number of hydrogen-bond donors (Lipinski definition) is 0. The van der Waals surface area contributed by atoms with Crippen LogP contribution in [-0.2, 0) is 11.3 Å². The Bertz CT molecular complexity index is 547. The summed E-state index contributed by atoms with van der Waals surface area (Å²) < 4.78 is 12.7. The van der Waals surface area contributed by atoms with E-state index in [4.69, 9.17) is 9.47 Å². The van der Waals surface area contributed by atoms with Crippen LogP contribution in [0, 0.1) is 0 Å². The first-order chi connectivity index (χ1) is 9.38. The van der Waals surface area contributed by atoms with E-state index in [2.05, 4.69) is 16.1 Å². The highest BCUT2D eigenvalue weighted by Gasteiger charge is 2.13. The Hall–Kier alpha value is -1.59. The van der Waals surface area contributed by atoms with Crippen LogP contribution in [0.1, 0.15) is 0 Å². The minimum atomic E-state index is 0.706. The standard InChI is InChI=1S/C14H19N3O2/c1-18-14-12-4-2-3-5-13(12)17(15-14)7-6-16-8-10-19-11-9-16/h2-5H,6-11H2,1H3. The molecule has 1 saturated heterocycles. The van der Waals surface area contributed by atoms with Gasteiger partial charge in [0.25, 0.3) is 0 Å². The predicted molar refractivity (Wildman–Crippen MR) is 73.5 cm³/mol. The van der Waals surface area contributed by atoms with Gasteiger partial charge in [0.2, 0.25) is 5.88 Å². The van der Waals surface area contributed by atoms with Crippen LogP contribution in [0.3, 0.4) is 0 Å². The maximum absolute atomic E-state index is 5.36. The van der Waals surface area contributed by atoms with E-state index in [1.54, 1.807) is 7.11 Å². The zero-order chi connectivity index (χ0) is 13.1. The highest BCUT2D eigenvalue weighted by molar-refractivity contribution is 5.84. The molecule has 0 bridgehead atoms. The van der Waals surface area contributed by atoms with Crippen LogP contribution in [0.25, 0.3) is 10.9 Å².